The lowest BCUT2D eigenvalue weighted by molar-refractivity contribution is 0.229. The number of benzene rings is 1. The highest BCUT2D eigenvalue weighted by molar-refractivity contribution is 5.83. The Bertz CT molecular complexity index is 1350. The predicted octanol–water partition coefficient (Wildman–Crippen LogP) is 4.55. The molecule has 0 aliphatic heterocycles. The number of aliphatic hydroxyl groups is 2. The fraction of sp³-hybridized carbons (Fsp3) is 0.357. The molecule has 0 saturated heterocycles. The number of hydrogen-bond donors (Lipinski definition) is 4. The van der Waals surface area contributed by atoms with Gasteiger partial charge in [0, 0.05) is 49.3 Å². The van der Waals surface area contributed by atoms with Crippen LogP contribution in [0.3, 0.4) is 0 Å². The SMILES string of the molecule is CO.OCC1CCC(Nc2nc(Nc3ccnc(OC4CC4)c3)ncc2-c2ccc3ccccc3n2)C1. The van der Waals surface area contributed by atoms with Crippen molar-refractivity contribution in [3.05, 3.63) is 60.9 Å². The summed E-state index contributed by atoms with van der Waals surface area (Å²) in [6.07, 6.45) is 8.91. The number of para-hydroxylation sites is 1. The largest absolute Gasteiger partial charge is 0.474 e. The maximum atomic E-state index is 9.58. The van der Waals surface area contributed by atoms with Gasteiger partial charge in [0.1, 0.15) is 11.9 Å². The number of ether oxygens (including phenoxy) is 1. The number of rotatable bonds is 8. The van der Waals surface area contributed by atoms with E-state index < -0.39 is 0 Å². The standard InChI is InChI=1S/C27H28N6O2.CH4O/c34-16-17-5-7-19(13-17)30-26-22(24-10-6-18-3-1-2-4-23(18)32-24)15-29-27(33-26)31-20-11-12-28-25(14-20)35-21-8-9-21;1-2/h1-4,6,10-12,14-15,17,19,21,34H,5,7-9,13,16H2,(H2,28,29,30,31,33);2H,1H3. The Labute approximate surface area is 216 Å². The maximum absolute atomic E-state index is 9.58. The third-order valence-electron chi connectivity index (χ3n) is 6.61. The van der Waals surface area contributed by atoms with E-state index in [0.717, 1.165) is 72.9 Å². The Morgan fingerprint density at radius 3 is 2.65 bits per heavy atom. The van der Waals surface area contributed by atoms with Gasteiger partial charge >= 0.3 is 0 Å². The average Bonchev–Trinajstić information content (AvgIpc) is 3.64. The maximum Gasteiger partial charge on any atom is 0.229 e. The van der Waals surface area contributed by atoms with Gasteiger partial charge in [0.15, 0.2) is 0 Å². The quantitative estimate of drug-likeness (QED) is 0.276. The van der Waals surface area contributed by atoms with Crippen LogP contribution in [0.2, 0.25) is 0 Å². The van der Waals surface area contributed by atoms with Crippen molar-refractivity contribution in [1.82, 2.24) is 19.9 Å². The monoisotopic (exact) mass is 500 g/mol. The fourth-order valence-corrected chi connectivity index (χ4v) is 4.56. The molecule has 192 valence electrons. The van der Waals surface area contributed by atoms with Crippen LogP contribution in [0, 0.1) is 5.92 Å². The lowest BCUT2D eigenvalue weighted by atomic mass is 10.1. The van der Waals surface area contributed by atoms with Crippen LogP contribution < -0.4 is 15.4 Å². The van der Waals surface area contributed by atoms with Gasteiger partial charge < -0.3 is 25.6 Å². The van der Waals surface area contributed by atoms with Crippen molar-refractivity contribution in [2.45, 2.75) is 44.2 Å². The van der Waals surface area contributed by atoms with Crippen LogP contribution in [-0.2, 0) is 0 Å². The number of pyridine rings is 2. The van der Waals surface area contributed by atoms with Gasteiger partial charge in [0.2, 0.25) is 11.8 Å². The molecule has 2 fully saturated rings. The molecule has 2 atom stereocenters. The fourth-order valence-electron chi connectivity index (χ4n) is 4.56. The van der Waals surface area contributed by atoms with Crippen molar-refractivity contribution in [1.29, 1.82) is 0 Å². The third-order valence-corrected chi connectivity index (χ3v) is 6.61. The van der Waals surface area contributed by atoms with Crippen molar-refractivity contribution in [3.63, 3.8) is 0 Å². The first-order chi connectivity index (χ1) is 18.2. The highest BCUT2D eigenvalue weighted by Crippen LogP contribution is 2.33. The molecule has 2 unspecified atom stereocenters. The Morgan fingerprint density at radius 2 is 1.84 bits per heavy atom. The Balaban J connectivity index is 0.00000137. The van der Waals surface area contributed by atoms with Crippen molar-refractivity contribution >= 4 is 28.4 Å². The van der Waals surface area contributed by atoms with Gasteiger partial charge in [-0.2, -0.15) is 4.98 Å². The summed E-state index contributed by atoms with van der Waals surface area (Å²) in [6.45, 7) is 0.223. The van der Waals surface area contributed by atoms with Gasteiger partial charge in [-0.1, -0.05) is 24.3 Å². The molecular weight excluding hydrogens is 468 g/mol. The molecule has 0 bridgehead atoms. The molecule has 2 saturated carbocycles. The second kappa shape index (κ2) is 11.5. The molecule has 37 heavy (non-hydrogen) atoms. The third kappa shape index (κ3) is 6.12. The minimum atomic E-state index is 0.223. The van der Waals surface area contributed by atoms with E-state index in [1.165, 1.54) is 0 Å². The molecule has 2 aliphatic carbocycles. The topological polar surface area (TPSA) is 125 Å². The Hall–Kier alpha value is -3.82. The number of nitrogens with zero attached hydrogens (tertiary/aromatic N) is 4. The van der Waals surface area contributed by atoms with E-state index in [-0.39, 0.29) is 18.8 Å². The molecule has 2 aliphatic rings. The van der Waals surface area contributed by atoms with Gasteiger partial charge in [-0.25, -0.2) is 15.0 Å². The molecule has 6 rings (SSSR count). The molecule has 3 aromatic heterocycles. The minimum Gasteiger partial charge on any atom is -0.474 e. The number of anilines is 3. The number of hydrogen-bond acceptors (Lipinski definition) is 9. The smallest absolute Gasteiger partial charge is 0.229 e. The van der Waals surface area contributed by atoms with Gasteiger partial charge in [0.05, 0.1) is 16.8 Å². The van der Waals surface area contributed by atoms with Crippen LogP contribution in [0.1, 0.15) is 32.1 Å². The summed E-state index contributed by atoms with van der Waals surface area (Å²) in [7, 11) is 1.00. The second-order valence-electron chi connectivity index (χ2n) is 9.37. The molecule has 0 amide bonds. The Morgan fingerprint density at radius 1 is 0.973 bits per heavy atom. The van der Waals surface area contributed by atoms with Gasteiger partial charge in [-0.15, -0.1) is 0 Å². The van der Waals surface area contributed by atoms with E-state index in [9.17, 15) is 5.11 Å². The van der Waals surface area contributed by atoms with Crippen molar-refractivity contribution in [2.24, 2.45) is 5.92 Å². The van der Waals surface area contributed by atoms with E-state index in [1.54, 1.807) is 6.20 Å². The lowest BCUT2D eigenvalue weighted by Crippen LogP contribution is -2.18. The van der Waals surface area contributed by atoms with Crippen LogP contribution in [0.15, 0.2) is 60.9 Å². The molecule has 4 N–H and O–H groups in total. The highest BCUT2D eigenvalue weighted by atomic mass is 16.5. The molecular formula is C28H32N6O3. The first-order valence-electron chi connectivity index (χ1n) is 12.7. The van der Waals surface area contributed by atoms with Gasteiger partial charge in [0.25, 0.3) is 0 Å². The van der Waals surface area contributed by atoms with Gasteiger partial charge in [-0.05, 0) is 56.2 Å². The summed E-state index contributed by atoms with van der Waals surface area (Å²) in [5.74, 6) is 2.15. The summed E-state index contributed by atoms with van der Waals surface area (Å²) < 4.78 is 5.82. The second-order valence-corrected chi connectivity index (χ2v) is 9.37. The van der Waals surface area contributed by atoms with Crippen LogP contribution in [0.25, 0.3) is 22.2 Å². The Kier molecular flexibility index (Phi) is 7.72. The lowest BCUT2D eigenvalue weighted by Gasteiger charge is -2.18. The van der Waals surface area contributed by atoms with Crippen molar-refractivity contribution in [2.75, 3.05) is 24.4 Å². The normalized spacial score (nSPS) is 18.7. The summed E-state index contributed by atoms with van der Waals surface area (Å²) in [6, 6.07) is 16.1. The molecule has 0 radical (unpaired) electrons. The van der Waals surface area contributed by atoms with Crippen LogP contribution >= 0.6 is 0 Å². The summed E-state index contributed by atoms with van der Waals surface area (Å²) in [5.41, 5.74) is 3.42. The zero-order valence-corrected chi connectivity index (χ0v) is 20.8. The zero-order valence-electron chi connectivity index (χ0n) is 20.8. The number of aromatic nitrogens is 4. The molecule has 0 spiro atoms. The predicted molar refractivity (Wildman–Crippen MR) is 144 cm³/mol. The summed E-state index contributed by atoms with van der Waals surface area (Å²) >= 11 is 0. The summed E-state index contributed by atoms with van der Waals surface area (Å²) in [5, 5.41) is 24.6. The van der Waals surface area contributed by atoms with Crippen molar-refractivity contribution in [3.8, 4) is 17.1 Å². The van der Waals surface area contributed by atoms with E-state index in [4.69, 9.17) is 19.8 Å². The zero-order chi connectivity index (χ0) is 25.6. The molecule has 9 heteroatoms. The molecule has 9 nitrogen and oxygen atoms in total. The number of fused-ring (bicyclic) bond motifs is 1. The van der Waals surface area contributed by atoms with E-state index in [0.29, 0.717) is 17.7 Å². The van der Waals surface area contributed by atoms with Crippen LogP contribution in [-0.4, -0.2) is 56.0 Å². The van der Waals surface area contributed by atoms with Crippen molar-refractivity contribution < 1.29 is 14.9 Å². The minimum absolute atomic E-state index is 0.223. The number of aliphatic hydroxyl groups excluding tert-OH is 2. The van der Waals surface area contributed by atoms with E-state index in [2.05, 4.69) is 32.7 Å². The highest BCUT2D eigenvalue weighted by Gasteiger charge is 2.26. The molecule has 4 aromatic rings. The van der Waals surface area contributed by atoms with Crippen LogP contribution in [0.4, 0.5) is 17.5 Å². The van der Waals surface area contributed by atoms with E-state index in [1.807, 2.05) is 42.6 Å². The number of nitrogens with one attached hydrogen (secondary N) is 2. The average molecular weight is 501 g/mol. The first-order valence-corrected chi connectivity index (χ1v) is 12.7. The summed E-state index contributed by atoms with van der Waals surface area (Å²) in [4.78, 5) is 18.6. The molecule has 1 aromatic carbocycles. The van der Waals surface area contributed by atoms with Gasteiger partial charge in [-0.3, -0.25) is 0 Å². The van der Waals surface area contributed by atoms with Crippen LogP contribution in [0.5, 0.6) is 5.88 Å². The van der Waals surface area contributed by atoms with E-state index >= 15 is 0 Å². The first kappa shape index (κ1) is 24.9. The molecule has 3 heterocycles.